The van der Waals surface area contributed by atoms with Crippen molar-refractivity contribution in [3.8, 4) is 0 Å². The highest BCUT2D eigenvalue weighted by Crippen LogP contribution is 2.25. The summed E-state index contributed by atoms with van der Waals surface area (Å²) in [7, 11) is 0. The van der Waals surface area contributed by atoms with Crippen LogP contribution < -0.4 is 5.73 Å². The third-order valence-electron chi connectivity index (χ3n) is 1.95. The third-order valence-corrected chi connectivity index (χ3v) is 3.17. The lowest BCUT2D eigenvalue weighted by atomic mass is 10.2. The highest BCUT2D eigenvalue weighted by Gasteiger charge is 2.06. The van der Waals surface area contributed by atoms with Gasteiger partial charge in [-0.05, 0) is 31.5 Å². The van der Waals surface area contributed by atoms with Gasteiger partial charge in [0.1, 0.15) is 5.01 Å². The average molecular weight is 192 g/mol. The first kappa shape index (κ1) is 8.66. The van der Waals surface area contributed by atoms with E-state index in [0.717, 1.165) is 10.5 Å². The first-order valence-corrected chi connectivity index (χ1v) is 5.11. The first-order chi connectivity index (χ1) is 6.16. The van der Waals surface area contributed by atoms with Gasteiger partial charge in [0.05, 0.1) is 16.3 Å². The summed E-state index contributed by atoms with van der Waals surface area (Å²) in [6.07, 6.45) is 0. The highest BCUT2D eigenvalue weighted by molar-refractivity contribution is 7.18. The molecule has 2 rings (SSSR count). The molecule has 0 aliphatic carbocycles. The molecule has 0 bridgehead atoms. The Hall–Kier alpha value is -0.930. The molecule has 0 aliphatic heterocycles. The number of hydrogen-bond acceptors (Lipinski definition) is 3. The van der Waals surface area contributed by atoms with Crippen LogP contribution in [0.4, 0.5) is 0 Å². The minimum atomic E-state index is 0.0395. The maximum Gasteiger partial charge on any atom is 0.110 e. The van der Waals surface area contributed by atoms with E-state index in [0.29, 0.717) is 0 Å². The van der Waals surface area contributed by atoms with Crippen molar-refractivity contribution in [1.82, 2.24) is 4.98 Å². The van der Waals surface area contributed by atoms with E-state index in [1.165, 1.54) is 10.3 Å². The second-order valence-corrected chi connectivity index (χ2v) is 4.37. The van der Waals surface area contributed by atoms with E-state index in [1.54, 1.807) is 11.3 Å². The van der Waals surface area contributed by atoms with E-state index in [4.69, 9.17) is 5.73 Å². The molecule has 1 heterocycles. The van der Waals surface area contributed by atoms with Crippen molar-refractivity contribution in [3.63, 3.8) is 0 Å². The van der Waals surface area contributed by atoms with E-state index >= 15 is 0 Å². The zero-order valence-electron chi connectivity index (χ0n) is 7.74. The number of thiazole rings is 1. The van der Waals surface area contributed by atoms with Crippen molar-refractivity contribution < 1.29 is 0 Å². The molecule has 0 saturated carbocycles. The Labute approximate surface area is 81.4 Å². The van der Waals surface area contributed by atoms with Gasteiger partial charge in [0, 0.05) is 0 Å². The Balaban J connectivity index is 2.62. The number of nitrogens with zero attached hydrogens (tertiary/aromatic N) is 1. The van der Waals surface area contributed by atoms with Crippen LogP contribution in [-0.4, -0.2) is 4.98 Å². The summed E-state index contributed by atoms with van der Waals surface area (Å²) in [4.78, 5) is 4.45. The molecule has 13 heavy (non-hydrogen) atoms. The predicted molar refractivity (Wildman–Crippen MR) is 57.0 cm³/mol. The molecule has 2 nitrogen and oxygen atoms in total. The van der Waals surface area contributed by atoms with Crippen molar-refractivity contribution in [3.05, 3.63) is 28.8 Å². The second kappa shape index (κ2) is 3.09. The molecule has 0 spiro atoms. The van der Waals surface area contributed by atoms with Crippen molar-refractivity contribution in [2.45, 2.75) is 19.9 Å². The molecular weight excluding hydrogens is 180 g/mol. The number of aryl methyl sites for hydroxylation is 1. The van der Waals surface area contributed by atoms with Crippen molar-refractivity contribution in [2.24, 2.45) is 5.73 Å². The molecule has 0 radical (unpaired) electrons. The Morgan fingerprint density at radius 2 is 2.23 bits per heavy atom. The van der Waals surface area contributed by atoms with Gasteiger partial charge in [-0.2, -0.15) is 0 Å². The number of benzene rings is 1. The molecule has 1 atom stereocenters. The van der Waals surface area contributed by atoms with Gasteiger partial charge >= 0.3 is 0 Å². The normalized spacial score (nSPS) is 13.5. The smallest absolute Gasteiger partial charge is 0.110 e. The maximum absolute atomic E-state index is 5.76. The first-order valence-electron chi connectivity index (χ1n) is 4.29. The SMILES string of the molecule is Cc1ccc2nc([C@H](C)N)sc2c1. The standard InChI is InChI=1S/C10H12N2S/c1-6-3-4-8-9(5-6)13-10(12-8)7(2)11/h3-5,7H,11H2,1-2H3/t7-/m0/s1. The van der Waals surface area contributed by atoms with E-state index in [9.17, 15) is 0 Å². The second-order valence-electron chi connectivity index (χ2n) is 3.31. The van der Waals surface area contributed by atoms with Gasteiger partial charge in [0.15, 0.2) is 0 Å². The Bertz CT molecular complexity index is 431. The monoisotopic (exact) mass is 192 g/mol. The van der Waals surface area contributed by atoms with Crippen LogP contribution in [0, 0.1) is 6.92 Å². The van der Waals surface area contributed by atoms with Crippen LogP contribution in [0.25, 0.3) is 10.2 Å². The van der Waals surface area contributed by atoms with E-state index in [-0.39, 0.29) is 6.04 Å². The molecule has 0 unspecified atom stereocenters. The van der Waals surface area contributed by atoms with Crippen LogP contribution in [0.3, 0.4) is 0 Å². The van der Waals surface area contributed by atoms with Gasteiger partial charge in [-0.15, -0.1) is 11.3 Å². The van der Waals surface area contributed by atoms with Crippen LogP contribution in [0.15, 0.2) is 18.2 Å². The molecule has 68 valence electrons. The zero-order chi connectivity index (χ0) is 9.42. The number of rotatable bonds is 1. The molecule has 2 aromatic rings. The number of hydrogen-bond donors (Lipinski definition) is 1. The summed E-state index contributed by atoms with van der Waals surface area (Å²) in [5, 5.41) is 1.01. The minimum absolute atomic E-state index is 0.0395. The maximum atomic E-state index is 5.76. The molecular formula is C10H12N2S. The molecule has 0 saturated heterocycles. The summed E-state index contributed by atoms with van der Waals surface area (Å²) < 4.78 is 1.23. The van der Waals surface area contributed by atoms with Gasteiger partial charge in [-0.1, -0.05) is 6.07 Å². The molecule has 0 amide bonds. The number of fused-ring (bicyclic) bond motifs is 1. The Morgan fingerprint density at radius 1 is 1.46 bits per heavy atom. The van der Waals surface area contributed by atoms with Gasteiger partial charge in [-0.25, -0.2) is 4.98 Å². The third kappa shape index (κ3) is 1.57. The summed E-state index contributed by atoms with van der Waals surface area (Å²) >= 11 is 1.68. The number of nitrogens with two attached hydrogens (primary N) is 1. The lowest BCUT2D eigenvalue weighted by molar-refractivity contribution is 0.810. The van der Waals surface area contributed by atoms with Crippen LogP contribution in [0.2, 0.25) is 0 Å². The van der Waals surface area contributed by atoms with Crippen LogP contribution in [-0.2, 0) is 0 Å². The van der Waals surface area contributed by atoms with Crippen molar-refractivity contribution >= 4 is 21.6 Å². The fraction of sp³-hybridized carbons (Fsp3) is 0.300. The fourth-order valence-corrected chi connectivity index (χ4v) is 2.26. The largest absolute Gasteiger partial charge is 0.322 e. The Kier molecular flexibility index (Phi) is 2.06. The summed E-state index contributed by atoms with van der Waals surface area (Å²) in [6.45, 7) is 4.05. The van der Waals surface area contributed by atoms with Gasteiger partial charge < -0.3 is 5.73 Å². The summed E-state index contributed by atoms with van der Waals surface area (Å²) in [6, 6.07) is 6.32. The summed E-state index contributed by atoms with van der Waals surface area (Å²) in [5.74, 6) is 0. The predicted octanol–water partition coefficient (Wildman–Crippen LogP) is 2.62. The van der Waals surface area contributed by atoms with Gasteiger partial charge in [0.2, 0.25) is 0 Å². The van der Waals surface area contributed by atoms with Crippen LogP contribution >= 0.6 is 11.3 Å². The highest BCUT2D eigenvalue weighted by atomic mass is 32.1. The fourth-order valence-electron chi connectivity index (χ4n) is 1.24. The van der Waals surface area contributed by atoms with E-state index in [1.807, 2.05) is 13.0 Å². The molecule has 1 aromatic heterocycles. The molecule has 2 N–H and O–H groups in total. The number of aromatic nitrogens is 1. The van der Waals surface area contributed by atoms with Crippen molar-refractivity contribution in [2.75, 3.05) is 0 Å². The topological polar surface area (TPSA) is 38.9 Å². The van der Waals surface area contributed by atoms with Gasteiger partial charge in [0.25, 0.3) is 0 Å². The van der Waals surface area contributed by atoms with E-state index in [2.05, 4.69) is 24.0 Å². The zero-order valence-corrected chi connectivity index (χ0v) is 8.56. The molecule has 1 aromatic carbocycles. The lowest BCUT2D eigenvalue weighted by Gasteiger charge is -1.95. The summed E-state index contributed by atoms with van der Waals surface area (Å²) in [5.41, 5.74) is 8.09. The molecule has 0 aliphatic rings. The van der Waals surface area contributed by atoms with Crippen LogP contribution in [0.5, 0.6) is 0 Å². The molecule has 0 fully saturated rings. The minimum Gasteiger partial charge on any atom is -0.322 e. The van der Waals surface area contributed by atoms with Crippen molar-refractivity contribution in [1.29, 1.82) is 0 Å². The van der Waals surface area contributed by atoms with Gasteiger partial charge in [-0.3, -0.25) is 0 Å². The molecule has 3 heteroatoms. The van der Waals surface area contributed by atoms with E-state index < -0.39 is 0 Å². The Morgan fingerprint density at radius 3 is 2.92 bits per heavy atom. The lowest BCUT2D eigenvalue weighted by Crippen LogP contribution is -2.03. The average Bonchev–Trinajstić information content (AvgIpc) is 2.46. The quantitative estimate of drug-likeness (QED) is 0.754. The van der Waals surface area contributed by atoms with Crippen LogP contribution in [0.1, 0.15) is 23.5 Å².